The maximum Gasteiger partial charge on any atom is 0.306 e. The van der Waals surface area contributed by atoms with Gasteiger partial charge in [0.05, 0.1) is 12.5 Å². The van der Waals surface area contributed by atoms with Gasteiger partial charge >= 0.3 is 5.97 Å². The standard InChI is InChI=1S/C18H23FN2O5/c1-12(26-15-6-4-3-5-14(15)19)17(23)20(2)11-16(22)21-9-7-13(8-10-21)18(24)25/h3-6,12-13H,7-11H2,1-2H3,(H,24,25). The van der Waals surface area contributed by atoms with Crippen LogP contribution in [0.1, 0.15) is 19.8 Å². The van der Waals surface area contributed by atoms with Gasteiger partial charge in [-0.2, -0.15) is 0 Å². The molecule has 0 aliphatic carbocycles. The Bertz CT molecular complexity index is 673. The quantitative estimate of drug-likeness (QED) is 0.822. The maximum absolute atomic E-state index is 13.6. The first-order valence-corrected chi connectivity index (χ1v) is 8.46. The summed E-state index contributed by atoms with van der Waals surface area (Å²) in [6, 6.07) is 5.79. The lowest BCUT2D eigenvalue weighted by Gasteiger charge is -2.31. The van der Waals surface area contributed by atoms with E-state index in [0.29, 0.717) is 25.9 Å². The van der Waals surface area contributed by atoms with Crippen molar-refractivity contribution in [3.05, 3.63) is 30.1 Å². The number of nitrogens with zero attached hydrogens (tertiary/aromatic N) is 2. The highest BCUT2D eigenvalue weighted by molar-refractivity contribution is 5.87. The maximum atomic E-state index is 13.6. The summed E-state index contributed by atoms with van der Waals surface area (Å²) in [6.07, 6.45) is -0.126. The number of hydrogen-bond donors (Lipinski definition) is 1. The molecule has 7 nitrogen and oxygen atoms in total. The average Bonchev–Trinajstić information content (AvgIpc) is 2.62. The number of carbonyl (C=O) groups is 3. The van der Waals surface area contributed by atoms with Crippen LogP contribution in [0, 0.1) is 11.7 Å². The van der Waals surface area contributed by atoms with Crippen molar-refractivity contribution in [2.24, 2.45) is 5.92 Å². The van der Waals surface area contributed by atoms with E-state index in [2.05, 4.69) is 0 Å². The number of benzene rings is 1. The zero-order valence-electron chi connectivity index (χ0n) is 14.9. The van der Waals surface area contributed by atoms with Crippen molar-refractivity contribution >= 4 is 17.8 Å². The van der Waals surface area contributed by atoms with E-state index in [4.69, 9.17) is 9.84 Å². The summed E-state index contributed by atoms with van der Waals surface area (Å²) in [5.74, 6) is -2.54. The molecule has 26 heavy (non-hydrogen) atoms. The molecule has 1 N–H and O–H groups in total. The molecule has 2 amide bonds. The molecule has 0 spiro atoms. The number of carbonyl (C=O) groups excluding carboxylic acids is 2. The minimum atomic E-state index is -0.942. The second kappa shape index (κ2) is 8.64. The van der Waals surface area contributed by atoms with Crippen molar-refractivity contribution in [2.45, 2.75) is 25.9 Å². The van der Waals surface area contributed by atoms with Crippen LogP contribution in [0.2, 0.25) is 0 Å². The number of para-hydroxylation sites is 1. The molecule has 142 valence electrons. The number of carboxylic acids is 1. The Hall–Kier alpha value is -2.64. The van der Waals surface area contributed by atoms with E-state index in [9.17, 15) is 18.8 Å². The topological polar surface area (TPSA) is 87.2 Å². The number of aliphatic carboxylic acids is 1. The molecule has 1 atom stereocenters. The predicted octanol–water partition coefficient (Wildman–Crippen LogP) is 1.37. The third-order valence-corrected chi connectivity index (χ3v) is 4.43. The van der Waals surface area contributed by atoms with E-state index >= 15 is 0 Å². The van der Waals surface area contributed by atoms with Gasteiger partial charge in [0.15, 0.2) is 17.7 Å². The summed E-state index contributed by atoms with van der Waals surface area (Å²) in [4.78, 5) is 38.4. The van der Waals surface area contributed by atoms with E-state index in [0.717, 1.165) is 0 Å². The van der Waals surface area contributed by atoms with E-state index in [1.165, 1.54) is 37.1 Å². The zero-order chi connectivity index (χ0) is 19.3. The van der Waals surface area contributed by atoms with E-state index in [-0.39, 0.29) is 18.2 Å². The largest absolute Gasteiger partial charge is 0.481 e. The molecule has 1 aliphatic heterocycles. The molecule has 1 saturated heterocycles. The number of rotatable bonds is 6. The first-order valence-electron chi connectivity index (χ1n) is 8.46. The van der Waals surface area contributed by atoms with E-state index in [1.807, 2.05) is 0 Å². The van der Waals surface area contributed by atoms with Gasteiger partial charge in [-0.05, 0) is 31.9 Å². The van der Waals surface area contributed by atoms with Gasteiger partial charge in [-0.25, -0.2) is 4.39 Å². The molecule has 1 heterocycles. The molecule has 0 aromatic heterocycles. The van der Waals surface area contributed by atoms with Crippen molar-refractivity contribution in [3.8, 4) is 5.75 Å². The molecule has 1 unspecified atom stereocenters. The van der Waals surface area contributed by atoms with Crippen LogP contribution < -0.4 is 4.74 Å². The van der Waals surface area contributed by atoms with Gasteiger partial charge in [-0.15, -0.1) is 0 Å². The van der Waals surface area contributed by atoms with Crippen LogP contribution in [-0.4, -0.2) is 65.5 Å². The highest BCUT2D eigenvalue weighted by Crippen LogP contribution is 2.19. The van der Waals surface area contributed by atoms with Crippen LogP contribution in [0.5, 0.6) is 5.75 Å². The number of hydrogen-bond acceptors (Lipinski definition) is 4. The SMILES string of the molecule is CC(Oc1ccccc1F)C(=O)N(C)CC(=O)N1CCC(C(=O)O)CC1. The van der Waals surface area contributed by atoms with Gasteiger partial charge in [-0.1, -0.05) is 12.1 Å². The summed E-state index contributed by atoms with van der Waals surface area (Å²) >= 11 is 0. The fourth-order valence-electron chi connectivity index (χ4n) is 2.85. The molecular formula is C18H23FN2O5. The Kier molecular flexibility index (Phi) is 6.54. The predicted molar refractivity (Wildman–Crippen MR) is 91.1 cm³/mol. The molecule has 0 saturated carbocycles. The molecule has 0 radical (unpaired) electrons. The fraction of sp³-hybridized carbons (Fsp3) is 0.500. The highest BCUT2D eigenvalue weighted by atomic mass is 19.1. The Labute approximate surface area is 151 Å². The molecule has 2 rings (SSSR count). The fourth-order valence-corrected chi connectivity index (χ4v) is 2.85. The molecule has 1 aromatic carbocycles. The lowest BCUT2D eigenvalue weighted by molar-refractivity contribution is -0.147. The summed E-state index contributed by atoms with van der Waals surface area (Å²) in [7, 11) is 1.48. The lowest BCUT2D eigenvalue weighted by Crippen LogP contribution is -2.47. The third kappa shape index (κ3) is 4.93. The lowest BCUT2D eigenvalue weighted by atomic mass is 9.97. The normalized spacial score (nSPS) is 16.0. The molecule has 1 aromatic rings. The van der Waals surface area contributed by atoms with Gasteiger partial charge in [0, 0.05) is 20.1 Å². The zero-order valence-corrected chi connectivity index (χ0v) is 14.9. The number of amides is 2. The molecule has 1 aliphatic rings. The second-order valence-electron chi connectivity index (χ2n) is 6.38. The number of likely N-dealkylation sites (tertiary alicyclic amines) is 1. The van der Waals surface area contributed by atoms with Crippen LogP contribution in [0.15, 0.2) is 24.3 Å². The minimum absolute atomic E-state index is 0.0242. The number of halogens is 1. The third-order valence-electron chi connectivity index (χ3n) is 4.43. The smallest absolute Gasteiger partial charge is 0.306 e. The molecular weight excluding hydrogens is 343 g/mol. The molecule has 8 heteroatoms. The second-order valence-corrected chi connectivity index (χ2v) is 6.38. The van der Waals surface area contributed by atoms with E-state index in [1.54, 1.807) is 11.0 Å². The minimum Gasteiger partial charge on any atom is -0.481 e. The Morgan fingerprint density at radius 2 is 1.92 bits per heavy atom. The van der Waals surface area contributed by atoms with Gasteiger partial charge in [0.2, 0.25) is 5.91 Å². The van der Waals surface area contributed by atoms with Gasteiger partial charge < -0.3 is 19.6 Å². The van der Waals surface area contributed by atoms with Crippen LogP contribution in [0.3, 0.4) is 0 Å². The van der Waals surface area contributed by atoms with Gasteiger partial charge in [-0.3, -0.25) is 14.4 Å². The highest BCUT2D eigenvalue weighted by Gasteiger charge is 2.29. The Morgan fingerprint density at radius 1 is 1.31 bits per heavy atom. The molecule has 0 bridgehead atoms. The number of ether oxygens (including phenoxy) is 1. The van der Waals surface area contributed by atoms with Crippen molar-refractivity contribution < 1.29 is 28.6 Å². The Morgan fingerprint density at radius 3 is 2.50 bits per heavy atom. The Balaban J connectivity index is 1.85. The van der Waals surface area contributed by atoms with E-state index < -0.39 is 29.7 Å². The van der Waals surface area contributed by atoms with Crippen LogP contribution >= 0.6 is 0 Å². The van der Waals surface area contributed by atoms with Crippen molar-refractivity contribution in [1.82, 2.24) is 9.80 Å². The first kappa shape index (κ1) is 19.7. The van der Waals surface area contributed by atoms with Gasteiger partial charge in [0.25, 0.3) is 5.91 Å². The monoisotopic (exact) mass is 366 g/mol. The molecule has 1 fully saturated rings. The van der Waals surface area contributed by atoms with Crippen molar-refractivity contribution in [2.75, 3.05) is 26.7 Å². The van der Waals surface area contributed by atoms with Crippen LogP contribution in [-0.2, 0) is 14.4 Å². The summed E-state index contributed by atoms with van der Waals surface area (Å²) in [6.45, 7) is 2.08. The average molecular weight is 366 g/mol. The summed E-state index contributed by atoms with van der Waals surface area (Å²) < 4.78 is 18.9. The van der Waals surface area contributed by atoms with Crippen LogP contribution in [0.4, 0.5) is 4.39 Å². The number of piperidine rings is 1. The number of carboxylic acid groups (broad SMARTS) is 1. The summed E-state index contributed by atoms with van der Waals surface area (Å²) in [5, 5.41) is 8.99. The van der Waals surface area contributed by atoms with Crippen molar-refractivity contribution in [3.63, 3.8) is 0 Å². The van der Waals surface area contributed by atoms with Crippen molar-refractivity contribution in [1.29, 1.82) is 0 Å². The van der Waals surface area contributed by atoms with Crippen LogP contribution in [0.25, 0.3) is 0 Å². The first-order chi connectivity index (χ1) is 12.3. The number of likely N-dealkylation sites (N-methyl/N-ethyl adjacent to an activating group) is 1. The van der Waals surface area contributed by atoms with Gasteiger partial charge in [0.1, 0.15) is 0 Å². The summed E-state index contributed by atoms with van der Waals surface area (Å²) in [5.41, 5.74) is 0.